The Bertz CT molecular complexity index is 253. The van der Waals surface area contributed by atoms with E-state index in [1.54, 1.807) is 6.92 Å². The molecule has 1 fully saturated rings. The van der Waals surface area contributed by atoms with Crippen LogP contribution in [0.2, 0.25) is 0 Å². The molecule has 1 aliphatic carbocycles. The Morgan fingerprint density at radius 1 is 1.40 bits per heavy atom. The van der Waals surface area contributed by atoms with E-state index in [4.69, 9.17) is 5.11 Å². The molecule has 1 N–H and O–H groups in total. The first-order valence-corrected chi connectivity index (χ1v) is 6.07. The summed E-state index contributed by atoms with van der Waals surface area (Å²) < 4.78 is 0. The average Bonchev–Trinajstić information content (AvgIpc) is 2.43. The van der Waals surface area contributed by atoms with E-state index in [1.165, 1.54) is 37.7 Å². The minimum atomic E-state index is -0.737. The van der Waals surface area contributed by atoms with Crippen molar-refractivity contribution >= 4 is 5.97 Å². The monoisotopic (exact) mass is 210 g/mol. The van der Waals surface area contributed by atoms with Crippen LogP contribution in [0.1, 0.15) is 58.8 Å². The van der Waals surface area contributed by atoms with Crippen molar-refractivity contribution in [3.63, 3.8) is 0 Å². The third-order valence-corrected chi connectivity index (χ3v) is 3.49. The maximum atomic E-state index is 10.9. The van der Waals surface area contributed by atoms with Crippen LogP contribution < -0.4 is 0 Å². The van der Waals surface area contributed by atoms with Gasteiger partial charge >= 0.3 is 5.97 Å². The van der Waals surface area contributed by atoms with Gasteiger partial charge in [-0.2, -0.15) is 0 Å². The molecule has 0 aliphatic heterocycles. The maximum Gasteiger partial charge on any atom is 0.331 e. The van der Waals surface area contributed by atoms with E-state index in [1.807, 2.05) is 0 Å². The largest absolute Gasteiger partial charge is 0.478 e. The van der Waals surface area contributed by atoms with Gasteiger partial charge in [0.1, 0.15) is 0 Å². The molecule has 0 amide bonds. The van der Waals surface area contributed by atoms with Gasteiger partial charge in [0, 0.05) is 5.57 Å². The fourth-order valence-corrected chi connectivity index (χ4v) is 2.47. The number of hydrogen-bond acceptors (Lipinski definition) is 1. The van der Waals surface area contributed by atoms with Crippen LogP contribution in [-0.2, 0) is 4.79 Å². The summed E-state index contributed by atoms with van der Waals surface area (Å²) in [5.41, 5.74) is 1.77. The predicted octanol–water partition coefficient (Wildman–Crippen LogP) is 3.77. The van der Waals surface area contributed by atoms with Crippen molar-refractivity contribution < 1.29 is 9.90 Å². The lowest BCUT2D eigenvalue weighted by Crippen LogP contribution is -2.01. The van der Waals surface area contributed by atoms with Crippen LogP contribution in [0.3, 0.4) is 0 Å². The molecule has 1 aliphatic rings. The lowest BCUT2D eigenvalue weighted by molar-refractivity contribution is -0.132. The standard InChI is InChI=1S/C13H22O2/c1-3-5-11-6-4-7-12(9-8-11)10(2)13(14)15/h11H,3-9H2,1-2H3,(H,14,15)/b12-10+. The maximum absolute atomic E-state index is 10.9. The van der Waals surface area contributed by atoms with Gasteiger partial charge in [-0.25, -0.2) is 4.79 Å². The van der Waals surface area contributed by atoms with E-state index >= 15 is 0 Å². The van der Waals surface area contributed by atoms with Crippen molar-refractivity contribution in [2.45, 2.75) is 58.8 Å². The molecule has 2 nitrogen and oxygen atoms in total. The number of carboxylic acid groups (broad SMARTS) is 1. The quantitative estimate of drug-likeness (QED) is 0.568. The van der Waals surface area contributed by atoms with Crippen molar-refractivity contribution in [3.8, 4) is 0 Å². The second-order valence-electron chi connectivity index (χ2n) is 4.62. The van der Waals surface area contributed by atoms with Crippen LogP contribution in [0.4, 0.5) is 0 Å². The molecule has 0 aromatic carbocycles. The molecule has 0 spiro atoms. The van der Waals surface area contributed by atoms with Crippen molar-refractivity contribution in [1.29, 1.82) is 0 Å². The van der Waals surface area contributed by atoms with Crippen molar-refractivity contribution in [1.82, 2.24) is 0 Å². The number of aliphatic carboxylic acids is 1. The van der Waals surface area contributed by atoms with Gasteiger partial charge in [-0.3, -0.25) is 0 Å². The number of carboxylic acids is 1. The molecule has 0 radical (unpaired) electrons. The highest BCUT2D eigenvalue weighted by molar-refractivity contribution is 5.86. The van der Waals surface area contributed by atoms with Crippen LogP contribution >= 0.6 is 0 Å². The van der Waals surface area contributed by atoms with Gasteiger partial charge in [0.2, 0.25) is 0 Å². The Hall–Kier alpha value is -0.790. The highest BCUT2D eigenvalue weighted by Gasteiger charge is 2.17. The first-order valence-electron chi connectivity index (χ1n) is 6.07. The average molecular weight is 210 g/mol. The molecule has 1 rings (SSSR count). The van der Waals surface area contributed by atoms with Gasteiger partial charge in [0.15, 0.2) is 0 Å². The van der Waals surface area contributed by atoms with Gasteiger partial charge < -0.3 is 5.11 Å². The molecule has 1 atom stereocenters. The third kappa shape index (κ3) is 3.69. The van der Waals surface area contributed by atoms with Crippen LogP contribution in [0, 0.1) is 5.92 Å². The molecule has 1 saturated carbocycles. The zero-order chi connectivity index (χ0) is 11.3. The lowest BCUT2D eigenvalue weighted by atomic mass is 9.95. The van der Waals surface area contributed by atoms with Gasteiger partial charge in [-0.15, -0.1) is 0 Å². The van der Waals surface area contributed by atoms with Gasteiger partial charge in [-0.05, 0) is 38.5 Å². The van der Waals surface area contributed by atoms with Gasteiger partial charge in [-0.1, -0.05) is 31.8 Å². The van der Waals surface area contributed by atoms with E-state index in [-0.39, 0.29) is 0 Å². The Morgan fingerprint density at radius 3 is 2.73 bits per heavy atom. The molecule has 0 aromatic rings. The minimum Gasteiger partial charge on any atom is -0.478 e. The Balaban J connectivity index is 2.59. The normalized spacial score (nSPS) is 25.9. The second-order valence-corrected chi connectivity index (χ2v) is 4.62. The zero-order valence-electron chi connectivity index (χ0n) is 9.88. The predicted molar refractivity (Wildman–Crippen MR) is 61.8 cm³/mol. The number of hydrogen-bond donors (Lipinski definition) is 1. The van der Waals surface area contributed by atoms with Crippen LogP contribution in [0.15, 0.2) is 11.1 Å². The van der Waals surface area contributed by atoms with Crippen molar-refractivity contribution in [2.24, 2.45) is 5.92 Å². The molecule has 86 valence electrons. The molecular weight excluding hydrogens is 188 g/mol. The topological polar surface area (TPSA) is 37.3 Å². The smallest absolute Gasteiger partial charge is 0.331 e. The summed E-state index contributed by atoms with van der Waals surface area (Å²) in [7, 11) is 0. The summed E-state index contributed by atoms with van der Waals surface area (Å²) in [5.74, 6) is 0.0908. The molecule has 0 heterocycles. The summed E-state index contributed by atoms with van der Waals surface area (Å²) in [6, 6.07) is 0. The summed E-state index contributed by atoms with van der Waals surface area (Å²) in [6.07, 6.45) is 8.20. The number of rotatable bonds is 3. The second kappa shape index (κ2) is 5.94. The van der Waals surface area contributed by atoms with E-state index < -0.39 is 5.97 Å². The molecule has 0 saturated heterocycles. The highest BCUT2D eigenvalue weighted by atomic mass is 16.4. The molecular formula is C13H22O2. The molecule has 1 unspecified atom stereocenters. The number of allylic oxidation sites excluding steroid dienone is 1. The lowest BCUT2D eigenvalue weighted by Gasteiger charge is -2.11. The van der Waals surface area contributed by atoms with Crippen LogP contribution in [0.5, 0.6) is 0 Å². The summed E-state index contributed by atoms with van der Waals surface area (Å²) in [6.45, 7) is 3.97. The first-order chi connectivity index (χ1) is 7.15. The van der Waals surface area contributed by atoms with E-state index in [2.05, 4.69) is 6.92 Å². The third-order valence-electron chi connectivity index (χ3n) is 3.49. The van der Waals surface area contributed by atoms with Crippen LogP contribution in [0.25, 0.3) is 0 Å². The van der Waals surface area contributed by atoms with E-state index in [9.17, 15) is 4.79 Å². The van der Waals surface area contributed by atoms with Gasteiger partial charge in [0.05, 0.1) is 0 Å². The van der Waals surface area contributed by atoms with E-state index in [0.717, 1.165) is 18.8 Å². The Morgan fingerprint density at radius 2 is 2.13 bits per heavy atom. The summed E-state index contributed by atoms with van der Waals surface area (Å²) in [5, 5.41) is 8.94. The zero-order valence-corrected chi connectivity index (χ0v) is 9.88. The van der Waals surface area contributed by atoms with Crippen molar-refractivity contribution in [2.75, 3.05) is 0 Å². The molecule has 2 heteroatoms. The highest BCUT2D eigenvalue weighted by Crippen LogP contribution is 2.31. The fraction of sp³-hybridized carbons (Fsp3) is 0.769. The molecule has 0 aromatic heterocycles. The minimum absolute atomic E-state index is 0.590. The fourth-order valence-electron chi connectivity index (χ4n) is 2.47. The first kappa shape index (κ1) is 12.3. The Kier molecular flexibility index (Phi) is 4.86. The Labute approximate surface area is 92.4 Å². The summed E-state index contributed by atoms with van der Waals surface area (Å²) in [4.78, 5) is 10.9. The SMILES string of the molecule is CCCC1CCC/C(=C(/C)C(=O)O)CC1. The van der Waals surface area contributed by atoms with Gasteiger partial charge in [0.25, 0.3) is 0 Å². The van der Waals surface area contributed by atoms with Crippen molar-refractivity contribution in [3.05, 3.63) is 11.1 Å². The molecule has 0 bridgehead atoms. The number of carbonyl (C=O) groups is 1. The molecule has 15 heavy (non-hydrogen) atoms. The van der Waals surface area contributed by atoms with Crippen LogP contribution in [-0.4, -0.2) is 11.1 Å². The van der Waals surface area contributed by atoms with E-state index in [0.29, 0.717) is 5.57 Å². The summed E-state index contributed by atoms with van der Waals surface area (Å²) >= 11 is 0.